The molecule has 0 aliphatic carbocycles. The molecule has 0 spiro atoms. The summed E-state index contributed by atoms with van der Waals surface area (Å²) >= 11 is 7.31. The lowest BCUT2D eigenvalue weighted by molar-refractivity contribution is 0.470. The average molecular weight is 329 g/mol. The van der Waals surface area contributed by atoms with Gasteiger partial charge in [-0.2, -0.15) is 0 Å². The van der Waals surface area contributed by atoms with Gasteiger partial charge in [0.25, 0.3) is 5.19 Å². The highest BCUT2D eigenvalue weighted by Crippen LogP contribution is 2.29. The Morgan fingerprint density at radius 3 is 2.91 bits per heavy atom. The van der Waals surface area contributed by atoms with Crippen LogP contribution in [0.1, 0.15) is 0 Å². The molecule has 4 aromatic rings. The van der Waals surface area contributed by atoms with Gasteiger partial charge < -0.3 is 4.74 Å². The van der Waals surface area contributed by atoms with Gasteiger partial charge in [0.2, 0.25) is 4.96 Å². The molecule has 3 aromatic heterocycles. The smallest absolute Gasteiger partial charge is 0.299 e. The van der Waals surface area contributed by atoms with Gasteiger partial charge in [0, 0.05) is 23.0 Å². The van der Waals surface area contributed by atoms with Gasteiger partial charge in [0.1, 0.15) is 5.75 Å². The Morgan fingerprint density at radius 2 is 2.14 bits per heavy atom. The van der Waals surface area contributed by atoms with Crippen LogP contribution >= 0.6 is 22.9 Å². The lowest BCUT2D eigenvalue weighted by Crippen LogP contribution is -1.86. The van der Waals surface area contributed by atoms with Crippen LogP contribution in [0.2, 0.25) is 5.02 Å². The molecule has 5 nitrogen and oxygen atoms in total. The fraction of sp³-hybridized carbons (Fsp3) is 0. The van der Waals surface area contributed by atoms with E-state index in [-0.39, 0.29) is 0 Å². The van der Waals surface area contributed by atoms with Crippen molar-refractivity contribution in [1.29, 1.82) is 0 Å². The largest absolute Gasteiger partial charge is 0.430 e. The minimum Gasteiger partial charge on any atom is -0.430 e. The topological polar surface area (TPSA) is 52.3 Å². The van der Waals surface area contributed by atoms with E-state index in [0.717, 1.165) is 16.2 Å². The predicted molar refractivity (Wildman–Crippen MR) is 85.6 cm³/mol. The van der Waals surface area contributed by atoms with E-state index in [1.54, 1.807) is 29.0 Å². The van der Waals surface area contributed by atoms with Gasteiger partial charge in [0.15, 0.2) is 0 Å². The molecule has 0 aliphatic heterocycles. The van der Waals surface area contributed by atoms with E-state index in [1.807, 2.05) is 30.5 Å². The van der Waals surface area contributed by atoms with Crippen molar-refractivity contribution in [1.82, 2.24) is 19.6 Å². The number of fused-ring (bicyclic) bond motifs is 1. The van der Waals surface area contributed by atoms with Crippen LogP contribution in [0.15, 0.2) is 55.0 Å². The van der Waals surface area contributed by atoms with Gasteiger partial charge in [-0.15, -0.1) is 5.10 Å². The second-order valence-corrected chi connectivity index (χ2v) is 5.88. The van der Waals surface area contributed by atoms with E-state index >= 15 is 0 Å². The molecule has 0 aliphatic rings. The van der Waals surface area contributed by atoms with Crippen molar-refractivity contribution < 1.29 is 4.74 Å². The standard InChI is InChI=1S/C15H9ClN4OS/c16-11-4-1-5-12(7-11)21-15-19-20-9-13(18-14(20)22-15)10-3-2-6-17-8-10/h1-9H. The molecule has 0 unspecified atom stereocenters. The third kappa shape index (κ3) is 2.54. The molecule has 0 saturated carbocycles. The quantitative estimate of drug-likeness (QED) is 0.562. The van der Waals surface area contributed by atoms with Gasteiger partial charge >= 0.3 is 0 Å². The molecule has 0 radical (unpaired) electrons. The number of pyridine rings is 1. The van der Waals surface area contributed by atoms with Crippen LogP contribution in [0, 0.1) is 0 Å². The highest BCUT2D eigenvalue weighted by Gasteiger charge is 2.11. The van der Waals surface area contributed by atoms with Crippen molar-refractivity contribution in [2.45, 2.75) is 0 Å². The number of rotatable bonds is 3. The van der Waals surface area contributed by atoms with E-state index in [0.29, 0.717) is 16.0 Å². The van der Waals surface area contributed by atoms with Crippen molar-refractivity contribution in [2.75, 3.05) is 0 Å². The van der Waals surface area contributed by atoms with E-state index < -0.39 is 0 Å². The van der Waals surface area contributed by atoms with Gasteiger partial charge in [-0.25, -0.2) is 9.50 Å². The SMILES string of the molecule is Clc1cccc(Oc2nn3cc(-c4cccnc4)nc3s2)c1. The molecule has 0 bridgehead atoms. The number of halogens is 1. The maximum Gasteiger partial charge on any atom is 0.299 e. The molecule has 4 rings (SSSR count). The molecule has 0 fully saturated rings. The summed E-state index contributed by atoms with van der Waals surface area (Å²) in [5.74, 6) is 0.650. The van der Waals surface area contributed by atoms with Crippen LogP contribution in [-0.4, -0.2) is 19.6 Å². The molecule has 22 heavy (non-hydrogen) atoms. The Kier molecular flexibility index (Phi) is 3.25. The zero-order valence-corrected chi connectivity index (χ0v) is 12.8. The zero-order valence-electron chi connectivity index (χ0n) is 11.2. The van der Waals surface area contributed by atoms with Gasteiger partial charge in [-0.1, -0.05) is 17.7 Å². The van der Waals surface area contributed by atoms with Crippen molar-refractivity contribution in [3.05, 3.63) is 60.0 Å². The van der Waals surface area contributed by atoms with Crippen LogP contribution in [-0.2, 0) is 0 Å². The number of ether oxygens (including phenoxy) is 1. The molecule has 0 saturated heterocycles. The Bertz CT molecular complexity index is 904. The van der Waals surface area contributed by atoms with Crippen molar-refractivity contribution in [2.24, 2.45) is 0 Å². The molecule has 3 heterocycles. The van der Waals surface area contributed by atoms with E-state index in [4.69, 9.17) is 16.3 Å². The van der Waals surface area contributed by atoms with Crippen molar-refractivity contribution in [3.63, 3.8) is 0 Å². The number of hydrogen-bond donors (Lipinski definition) is 0. The molecule has 108 valence electrons. The number of nitrogens with zero attached hydrogens (tertiary/aromatic N) is 4. The van der Waals surface area contributed by atoms with Crippen LogP contribution in [0.5, 0.6) is 10.9 Å². The number of hydrogen-bond acceptors (Lipinski definition) is 5. The summed E-state index contributed by atoms with van der Waals surface area (Å²) < 4.78 is 7.40. The summed E-state index contributed by atoms with van der Waals surface area (Å²) in [6.07, 6.45) is 5.36. The minimum absolute atomic E-state index is 0.516. The fourth-order valence-corrected chi connectivity index (χ4v) is 2.94. The molecular weight excluding hydrogens is 320 g/mol. The maximum absolute atomic E-state index is 5.94. The third-order valence-electron chi connectivity index (χ3n) is 2.98. The summed E-state index contributed by atoms with van der Waals surface area (Å²) in [4.78, 5) is 9.39. The van der Waals surface area contributed by atoms with Gasteiger partial charge in [-0.3, -0.25) is 4.98 Å². The molecular formula is C15H9ClN4OS. The second-order valence-electron chi connectivity index (χ2n) is 4.52. The van der Waals surface area contributed by atoms with Crippen LogP contribution in [0.25, 0.3) is 16.2 Å². The van der Waals surface area contributed by atoms with E-state index in [1.165, 1.54) is 11.3 Å². The third-order valence-corrected chi connectivity index (χ3v) is 4.02. The predicted octanol–water partition coefficient (Wildman–Crippen LogP) is 4.30. The number of aromatic nitrogens is 4. The monoisotopic (exact) mass is 328 g/mol. The lowest BCUT2D eigenvalue weighted by Gasteiger charge is -2.00. The van der Waals surface area contributed by atoms with E-state index in [9.17, 15) is 0 Å². The first-order chi connectivity index (χ1) is 10.8. The van der Waals surface area contributed by atoms with E-state index in [2.05, 4.69) is 15.1 Å². The normalized spacial score (nSPS) is 11.0. The van der Waals surface area contributed by atoms with Gasteiger partial charge in [-0.05, 0) is 41.7 Å². The summed E-state index contributed by atoms with van der Waals surface area (Å²) in [6, 6.07) is 11.0. The van der Waals surface area contributed by atoms with Crippen molar-refractivity contribution >= 4 is 27.9 Å². The first-order valence-corrected chi connectivity index (χ1v) is 7.67. The summed E-state index contributed by atoms with van der Waals surface area (Å²) in [7, 11) is 0. The molecule has 7 heteroatoms. The first kappa shape index (κ1) is 13.2. The minimum atomic E-state index is 0.516. The maximum atomic E-state index is 5.94. The fourth-order valence-electron chi connectivity index (χ4n) is 2.01. The molecule has 0 N–H and O–H groups in total. The number of imidazole rings is 1. The van der Waals surface area contributed by atoms with Gasteiger partial charge in [0.05, 0.1) is 11.9 Å². The molecule has 1 aromatic carbocycles. The summed E-state index contributed by atoms with van der Waals surface area (Å²) in [5, 5.41) is 5.51. The van der Waals surface area contributed by atoms with Crippen LogP contribution in [0.4, 0.5) is 0 Å². The summed E-state index contributed by atoms with van der Waals surface area (Å²) in [6.45, 7) is 0. The zero-order chi connectivity index (χ0) is 14.9. The highest BCUT2D eigenvalue weighted by atomic mass is 35.5. The molecule has 0 amide bonds. The van der Waals surface area contributed by atoms with Crippen LogP contribution < -0.4 is 4.74 Å². The highest BCUT2D eigenvalue weighted by molar-refractivity contribution is 7.18. The average Bonchev–Trinajstić information content (AvgIpc) is 3.06. The van der Waals surface area contributed by atoms with Crippen molar-refractivity contribution in [3.8, 4) is 22.2 Å². The Balaban J connectivity index is 1.64. The first-order valence-electron chi connectivity index (χ1n) is 6.48. The number of benzene rings is 1. The Labute approximate surface area is 134 Å². The summed E-state index contributed by atoms with van der Waals surface area (Å²) in [5.41, 5.74) is 1.79. The Morgan fingerprint density at radius 1 is 1.18 bits per heavy atom. The molecule has 0 atom stereocenters. The lowest BCUT2D eigenvalue weighted by atomic mass is 10.2. The second kappa shape index (κ2) is 5.40. The van der Waals surface area contributed by atoms with Crippen LogP contribution in [0.3, 0.4) is 0 Å². The Hall–Kier alpha value is -2.44.